The summed E-state index contributed by atoms with van der Waals surface area (Å²) in [5, 5.41) is 18.4. The molecule has 0 aromatic heterocycles. The fraction of sp³-hybridized carbons (Fsp3) is 0.300. The molecular formula is C10H9FO3. The second-order valence-electron chi connectivity index (χ2n) is 3.44. The fourth-order valence-electron chi connectivity index (χ4n) is 1.83. The van der Waals surface area contributed by atoms with E-state index in [4.69, 9.17) is 5.11 Å². The summed E-state index contributed by atoms with van der Waals surface area (Å²) >= 11 is 0. The van der Waals surface area contributed by atoms with Crippen molar-refractivity contribution in [3.05, 3.63) is 35.1 Å². The van der Waals surface area contributed by atoms with Gasteiger partial charge in [0.05, 0.1) is 12.0 Å². The Kier molecular flexibility index (Phi) is 2.00. The predicted molar refractivity (Wildman–Crippen MR) is 46.2 cm³/mol. The summed E-state index contributed by atoms with van der Waals surface area (Å²) in [5.74, 6) is -2.29. The summed E-state index contributed by atoms with van der Waals surface area (Å²) in [6.45, 7) is 0. The van der Waals surface area contributed by atoms with Crippen molar-refractivity contribution in [2.75, 3.05) is 0 Å². The number of aliphatic hydroxyl groups is 1. The first-order valence-electron chi connectivity index (χ1n) is 4.29. The molecule has 0 saturated heterocycles. The van der Waals surface area contributed by atoms with Gasteiger partial charge in [0.15, 0.2) is 0 Å². The van der Waals surface area contributed by atoms with Crippen molar-refractivity contribution in [3.8, 4) is 0 Å². The molecule has 2 N–H and O–H groups in total. The van der Waals surface area contributed by atoms with E-state index in [0.717, 1.165) is 0 Å². The van der Waals surface area contributed by atoms with Crippen LogP contribution in [0, 0.1) is 11.7 Å². The second-order valence-corrected chi connectivity index (χ2v) is 3.44. The van der Waals surface area contributed by atoms with Gasteiger partial charge in [-0.2, -0.15) is 0 Å². The summed E-state index contributed by atoms with van der Waals surface area (Å²) in [5.41, 5.74) is 1.11. The van der Waals surface area contributed by atoms with Gasteiger partial charge in [-0.15, -0.1) is 0 Å². The van der Waals surface area contributed by atoms with E-state index in [1.807, 2.05) is 0 Å². The zero-order chi connectivity index (χ0) is 10.3. The number of hydrogen-bond acceptors (Lipinski definition) is 2. The Labute approximate surface area is 79.8 Å². The molecule has 0 heterocycles. The largest absolute Gasteiger partial charge is 0.481 e. The highest BCUT2D eigenvalue weighted by Gasteiger charge is 2.35. The van der Waals surface area contributed by atoms with Crippen LogP contribution < -0.4 is 0 Å². The van der Waals surface area contributed by atoms with Crippen LogP contribution in [-0.2, 0) is 11.2 Å². The number of carbonyl (C=O) groups is 1. The van der Waals surface area contributed by atoms with Gasteiger partial charge in [-0.3, -0.25) is 4.79 Å². The Bertz CT molecular complexity index is 389. The van der Waals surface area contributed by atoms with Crippen molar-refractivity contribution >= 4 is 5.97 Å². The number of halogens is 1. The highest BCUT2D eigenvalue weighted by Crippen LogP contribution is 2.36. The summed E-state index contributed by atoms with van der Waals surface area (Å²) in [6, 6.07) is 3.95. The van der Waals surface area contributed by atoms with E-state index in [0.29, 0.717) is 11.1 Å². The van der Waals surface area contributed by atoms with Crippen molar-refractivity contribution in [2.24, 2.45) is 5.92 Å². The Morgan fingerprint density at radius 3 is 2.86 bits per heavy atom. The first kappa shape index (κ1) is 9.15. The minimum Gasteiger partial charge on any atom is -0.481 e. The summed E-state index contributed by atoms with van der Waals surface area (Å²) in [7, 11) is 0. The van der Waals surface area contributed by atoms with Crippen LogP contribution in [0.1, 0.15) is 17.2 Å². The quantitative estimate of drug-likeness (QED) is 0.707. The molecule has 3 nitrogen and oxygen atoms in total. The van der Waals surface area contributed by atoms with Crippen LogP contribution in [0.5, 0.6) is 0 Å². The Hall–Kier alpha value is -1.42. The smallest absolute Gasteiger partial charge is 0.309 e. The summed E-state index contributed by atoms with van der Waals surface area (Å²) in [6.07, 6.45) is -0.813. The third-order valence-electron chi connectivity index (χ3n) is 2.56. The van der Waals surface area contributed by atoms with Gasteiger partial charge in [0, 0.05) is 0 Å². The van der Waals surface area contributed by atoms with Gasteiger partial charge in [-0.05, 0) is 29.7 Å². The maximum atomic E-state index is 12.8. The molecule has 0 spiro atoms. The number of aliphatic carboxylic acids is 1. The molecule has 2 rings (SSSR count). The highest BCUT2D eigenvalue weighted by molar-refractivity contribution is 5.73. The molecule has 0 bridgehead atoms. The van der Waals surface area contributed by atoms with Crippen LogP contribution in [0.3, 0.4) is 0 Å². The molecule has 0 amide bonds. The van der Waals surface area contributed by atoms with Crippen LogP contribution >= 0.6 is 0 Å². The average Bonchev–Trinajstić information content (AvgIpc) is 2.43. The molecule has 0 unspecified atom stereocenters. The third-order valence-corrected chi connectivity index (χ3v) is 2.56. The first-order chi connectivity index (χ1) is 6.59. The first-order valence-corrected chi connectivity index (χ1v) is 4.29. The maximum absolute atomic E-state index is 12.8. The lowest BCUT2D eigenvalue weighted by Gasteiger charge is -2.08. The monoisotopic (exact) mass is 196 g/mol. The molecule has 14 heavy (non-hydrogen) atoms. The number of carboxylic acid groups (broad SMARTS) is 1. The van der Waals surface area contributed by atoms with Gasteiger partial charge in [0.25, 0.3) is 0 Å². The lowest BCUT2D eigenvalue weighted by molar-refractivity contribution is -0.145. The number of hydrogen-bond donors (Lipinski definition) is 2. The van der Waals surface area contributed by atoms with Crippen molar-refractivity contribution in [2.45, 2.75) is 12.5 Å². The normalized spacial score (nSPS) is 24.7. The van der Waals surface area contributed by atoms with Crippen LogP contribution in [0.4, 0.5) is 4.39 Å². The molecule has 0 radical (unpaired) electrons. The van der Waals surface area contributed by atoms with E-state index in [1.165, 1.54) is 18.2 Å². The van der Waals surface area contributed by atoms with Crippen LogP contribution in [0.2, 0.25) is 0 Å². The molecule has 74 valence electrons. The lowest BCUT2D eigenvalue weighted by Crippen LogP contribution is -2.17. The molecule has 0 aliphatic heterocycles. The van der Waals surface area contributed by atoms with Crippen LogP contribution in [-0.4, -0.2) is 16.2 Å². The molecular weight excluding hydrogens is 187 g/mol. The Morgan fingerprint density at radius 2 is 2.21 bits per heavy atom. The minimum atomic E-state index is -1.05. The second kappa shape index (κ2) is 3.06. The van der Waals surface area contributed by atoms with E-state index in [1.54, 1.807) is 0 Å². The van der Waals surface area contributed by atoms with E-state index >= 15 is 0 Å². The van der Waals surface area contributed by atoms with Crippen LogP contribution in [0.25, 0.3) is 0 Å². The van der Waals surface area contributed by atoms with Gasteiger partial charge in [0.2, 0.25) is 0 Å². The van der Waals surface area contributed by atoms with Crippen molar-refractivity contribution in [1.82, 2.24) is 0 Å². The third kappa shape index (κ3) is 1.28. The minimum absolute atomic E-state index is 0.198. The van der Waals surface area contributed by atoms with Crippen molar-refractivity contribution in [3.63, 3.8) is 0 Å². The summed E-state index contributed by atoms with van der Waals surface area (Å²) in [4.78, 5) is 10.7. The van der Waals surface area contributed by atoms with Crippen LogP contribution in [0.15, 0.2) is 18.2 Å². The molecule has 1 aromatic carbocycles. The van der Waals surface area contributed by atoms with E-state index in [-0.39, 0.29) is 6.42 Å². The van der Waals surface area contributed by atoms with E-state index in [2.05, 4.69) is 0 Å². The van der Waals surface area contributed by atoms with E-state index < -0.39 is 23.8 Å². The average molecular weight is 196 g/mol. The SMILES string of the molecule is O=C(O)[C@H]1Cc2cc(F)ccc2[C@H]1O. The highest BCUT2D eigenvalue weighted by atomic mass is 19.1. The van der Waals surface area contributed by atoms with E-state index in [9.17, 15) is 14.3 Å². The number of fused-ring (bicyclic) bond motifs is 1. The molecule has 1 aliphatic carbocycles. The molecule has 4 heteroatoms. The molecule has 2 atom stereocenters. The van der Waals surface area contributed by atoms with Gasteiger partial charge in [0.1, 0.15) is 5.82 Å². The zero-order valence-electron chi connectivity index (χ0n) is 7.27. The number of rotatable bonds is 1. The molecule has 0 fully saturated rings. The van der Waals surface area contributed by atoms with Gasteiger partial charge < -0.3 is 10.2 Å². The Balaban J connectivity index is 2.40. The fourth-order valence-corrected chi connectivity index (χ4v) is 1.83. The van der Waals surface area contributed by atoms with Gasteiger partial charge in [-0.1, -0.05) is 6.07 Å². The molecule has 0 saturated carbocycles. The molecule has 1 aromatic rings. The lowest BCUT2D eigenvalue weighted by atomic mass is 10.0. The standard InChI is InChI=1S/C10H9FO3/c11-6-1-2-7-5(3-6)4-8(9(7)12)10(13)14/h1-3,8-9,12H,4H2,(H,13,14)/t8-,9+/m0/s1. The summed E-state index contributed by atoms with van der Waals surface area (Å²) < 4.78 is 12.8. The van der Waals surface area contributed by atoms with Crippen molar-refractivity contribution in [1.29, 1.82) is 0 Å². The van der Waals surface area contributed by atoms with Crippen molar-refractivity contribution < 1.29 is 19.4 Å². The zero-order valence-corrected chi connectivity index (χ0v) is 7.27. The van der Waals surface area contributed by atoms with Gasteiger partial charge >= 0.3 is 5.97 Å². The predicted octanol–water partition coefficient (Wildman–Crippen LogP) is 1.12. The Morgan fingerprint density at radius 1 is 1.50 bits per heavy atom. The maximum Gasteiger partial charge on any atom is 0.309 e. The molecule has 1 aliphatic rings. The van der Waals surface area contributed by atoms with Gasteiger partial charge in [-0.25, -0.2) is 4.39 Å². The number of carboxylic acids is 1. The number of benzene rings is 1. The number of aliphatic hydroxyl groups excluding tert-OH is 1. The topological polar surface area (TPSA) is 57.5 Å².